The second-order valence-electron chi connectivity index (χ2n) is 10.1. The third-order valence-corrected chi connectivity index (χ3v) is 7.89. The molecule has 2 heterocycles. The van der Waals surface area contributed by atoms with Gasteiger partial charge in [-0.05, 0) is 37.2 Å². The zero-order valence-corrected chi connectivity index (χ0v) is 20.4. The van der Waals surface area contributed by atoms with Crippen LogP contribution in [0.5, 0.6) is 5.88 Å². The summed E-state index contributed by atoms with van der Waals surface area (Å²) < 4.78 is 2.78. The van der Waals surface area contributed by atoms with E-state index in [0.717, 1.165) is 69.8 Å². The molecule has 1 aromatic heterocycles. The number of hydrogen-bond donors (Lipinski definition) is 1. The van der Waals surface area contributed by atoms with Crippen molar-refractivity contribution >= 4 is 11.6 Å². The number of aromatic hydroxyl groups is 1. The fraction of sp³-hybridized carbons (Fsp3) is 0.500. The van der Waals surface area contributed by atoms with Crippen molar-refractivity contribution in [1.29, 1.82) is 0 Å². The Morgan fingerprint density at radius 2 is 1.50 bits per heavy atom. The molecule has 8 heteroatoms. The summed E-state index contributed by atoms with van der Waals surface area (Å²) in [6.07, 6.45) is 14.7. The van der Waals surface area contributed by atoms with Crippen LogP contribution in [0.3, 0.4) is 0 Å². The van der Waals surface area contributed by atoms with Gasteiger partial charge in [-0.2, -0.15) is 5.10 Å². The smallest absolute Gasteiger partial charge is 0.334 e. The summed E-state index contributed by atoms with van der Waals surface area (Å²) in [5.41, 5.74) is 0.155. The lowest BCUT2D eigenvalue weighted by molar-refractivity contribution is -0.126. The molecule has 188 valence electrons. The minimum absolute atomic E-state index is 0.0130. The SMILES string of the molecule is C#CC(=O)N1N=C(c2c(O)n(C3CCCCC3)c(=O)n(C3CCCCC3)c2=O)CC1c1ccccc1. The number of benzene rings is 1. The standard InChI is InChI=1S/C28H32N4O4/c1-2-24(33)32-23(19-12-6-3-7-13-19)18-22(29-32)25-26(34)30(20-14-8-4-9-15-20)28(36)31(27(25)35)21-16-10-5-11-17-21/h1,3,6-7,12-13,20-21,23,34H,4-5,8-11,14-18H2. The minimum atomic E-state index is -0.619. The summed E-state index contributed by atoms with van der Waals surface area (Å²) in [4.78, 5) is 40.2. The Kier molecular flexibility index (Phi) is 6.82. The molecule has 0 spiro atoms. The molecule has 8 nitrogen and oxygen atoms in total. The zero-order valence-electron chi connectivity index (χ0n) is 20.4. The van der Waals surface area contributed by atoms with E-state index in [1.807, 2.05) is 30.3 Å². The van der Waals surface area contributed by atoms with Crippen LogP contribution in [0.1, 0.15) is 99.9 Å². The Morgan fingerprint density at radius 3 is 2.08 bits per heavy atom. The molecule has 0 bridgehead atoms. The van der Waals surface area contributed by atoms with Crippen molar-refractivity contribution in [3.63, 3.8) is 0 Å². The number of aromatic nitrogens is 2. The molecule has 0 saturated heterocycles. The van der Waals surface area contributed by atoms with Gasteiger partial charge in [0.1, 0.15) is 5.56 Å². The topological polar surface area (TPSA) is 96.9 Å². The van der Waals surface area contributed by atoms with Crippen molar-refractivity contribution in [2.24, 2.45) is 5.10 Å². The van der Waals surface area contributed by atoms with E-state index in [1.165, 1.54) is 14.1 Å². The Hall–Kier alpha value is -3.60. The average Bonchev–Trinajstić information content (AvgIpc) is 3.35. The average molecular weight is 489 g/mol. The molecule has 1 atom stereocenters. The largest absolute Gasteiger partial charge is 0.494 e. The number of nitrogens with zero attached hydrogens (tertiary/aromatic N) is 4. The second-order valence-corrected chi connectivity index (χ2v) is 10.1. The van der Waals surface area contributed by atoms with Crippen LogP contribution in [-0.2, 0) is 4.79 Å². The second kappa shape index (κ2) is 10.2. The van der Waals surface area contributed by atoms with E-state index in [4.69, 9.17) is 6.42 Å². The van der Waals surface area contributed by atoms with Crippen LogP contribution >= 0.6 is 0 Å². The highest BCUT2D eigenvalue weighted by Gasteiger charge is 2.37. The summed E-state index contributed by atoms with van der Waals surface area (Å²) in [5.74, 6) is 1.16. The van der Waals surface area contributed by atoms with Gasteiger partial charge in [0, 0.05) is 18.5 Å². The normalized spacial score (nSPS) is 21.2. The molecule has 2 aromatic rings. The van der Waals surface area contributed by atoms with Crippen molar-refractivity contribution in [3.05, 3.63) is 62.3 Å². The number of carbonyl (C=O) groups excluding carboxylic acids is 1. The van der Waals surface area contributed by atoms with E-state index in [0.29, 0.717) is 0 Å². The van der Waals surface area contributed by atoms with Crippen molar-refractivity contribution in [2.45, 2.75) is 88.8 Å². The summed E-state index contributed by atoms with van der Waals surface area (Å²) in [6, 6.07) is 8.49. The predicted molar refractivity (Wildman–Crippen MR) is 137 cm³/mol. The third-order valence-electron chi connectivity index (χ3n) is 7.89. The fourth-order valence-corrected chi connectivity index (χ4v) is 6.06. The first kappa shape index (κ1) is 24.1. The van der Waals surface area contributed by atoms with Gasteiger partial charge in [0.2, 0.25) is 5.88 Å². The number of rotatable bonds is 4. The summed E-state index contributed by atoms with van der Waals surface area (Å²) >= 11 is 0. The van der Waals surface area contributed by atoms with E-state index in [2.05, 4.69) is 11.0 Å². The Morgan fingerprint density at radius 1 is 0.917 bits per heavy atom. The lowest BCUT2D eigenvalue weighted by Crippen LogP contribution is -2.46. The van der Waals surface area contributed by atoms with Gasteiger partial charge in [0.25, 0.3) is 5.56 Å². The molecule has 2 saturated carbocycles. The molecule has 2 aliphatic carbocycles. The zero-order chi connectivity index (χ0) is 25.2. The third kappa shape index (κ3) is 4.27. The van der Waals surface area contributed by atoms with Crippen LogP contribution in [-0.4, -0.2) is 30.9 Å². The van der Waals surface area contributed by atoms with Gasteiger partial charge < -0.3 is 5.11 Å². The van der Waals surface area contributed by atoms with E-state index in [1.54, 1.807) is 0 Å². The lowest BCUT2D eigenvalue weighted by atomic mass is 9.93. The summed E-state index contributed by atoms with van der Waals surface area (Å²) in [7, 11) is 0. The Bertz CT molecular complexity index is 1320. The maximum absolute atomic E-state index is 13.9. The molecular formula is C28H32N4O4. The van der Waals surface area contributed by atoms with Crippen LogP contribution < -0.4 is 11.2 Å². The van der Waals surface area contributed by atoms with Gasteiger partial charge in [-0.25, -0.2) is 9.80 Å². The molecular weight excluding hydrogens is 456 g/mol. The van der Waals surface area contributed by atoms with Crippen molar-refractivity contribution in [3.8, 4) is 18.2 Å². The molecule has 1 aliphatic heterocycles. The van der Waals surface area contributed by atoms with Crippen LogP contribution in [0.15, 0.2) is 45.0 Å². The Balaban J connectivity index is 1.68. The van der Waals surface area contributed by atoms with Gasteiger partial charge in [-0.15, -0.1) is 6.42 Å². The number of amides is 1. The molecule has 1 N–H and O–H groups in total. The van der Waals surface area contributed by atoms with E-state index >= 15 is 0 Å². The van der Waals surface area contributed by atoms with Crippen molar-refractivity contribution in [1.82, 2.24) is 14.1 Å². The van der Waals surface area contributed by atoms with E-state index < -0.39 is 23.2 Å². The number of carbonyl (C=O) groups is 1. The van der Waals surface area contributed by atoms with Crippen LogP contribution in [0.2, 0.25) is 0 Å². The number of terminal acetylenes is 1. The first-order valence-corrected chi connectivity index (χ1v) is 13.0. The minimum Gasteiger partial charge on any atom is -0.494 e. The monoisotopic (exact) mass is 488 g/mol. The lowest BCUT2D eigenvalue weighted by Gasteiger charge is -2.29. The van der Waals surface area contributed by atoms with E-state index in [-0.39, 0.29) is 35.7 Å². The first-order chi connectivity index (χ1) is 17.5. The fourth-order valence-electron chi connectivity index (χ4n) is 6.06. The quantitative estimate of drug-likeness (QED) is 0.657. The number of hydrogen-bond acceptors (Lipinski definition) is 5. The molecule has 5 rings (SSSR count). The summed E-state index contributed by atoms with van der Waals surface area (Å²) in [6.45, 7) is 0. The van der Waals surface area contributed by atoms with Crippen molar-refractivity contribution in [2.75, 3.05) is 0 Å². The summed E-state index contributed by atoms with van der Waals surface area (Å²) in [5, 5.41) is 17.1. The van der Waals surface area contributed by atoms with Gasteiger partial charge >= 0.3 is 11.6 Å². The van der Waals surface area contributed by atoms with Crippen LogP contribution in [0.25, 0.3) is 0 Å². The molecule has 0 radical (unpaired) electrons. The highest BCUT2D eigenvalue weighted by molar-refractivity contribution is 6.05. The first-order valence-electron chi connectivity index (χ1n) is 13.0. The van der Waals surface area contributed by atoms with Gasteiger partial charge in [0.15, 0.2) is 0 Å². The van der Waals surface area contributed by atoms with Crippen LogP contribution in [0.4, 0.5) is 0 Å². The number of hydrazone groups is 1. The van der Waals surface area contributed by atoms with E-state index in [9.17, 15) is 19.5 Å². The van der Waals surface area contributed by atoms with Gasteiger partial charge in [-0.3, -0.25) is 18.7 Å². The molecule has 1 aromatic carbocycles. The Labute approximate surface area is 210 Å². The van der Waals surface area contributed by atoms with Crippen LogP contribution in [0, 0.1) is 12.3 Å². The molecule has 3 aliphatic rings. The van der Waals surface area contributed by atoms with Gasteiger partial charge in [0.05, 0.1) is 11.8 Å². The maximum Gasteiger partial charge on any atom is 0.334 e. The highest BCUT2D eigenvalue weighted by Crippen LogP contribution is 2.36. The van der Waals surface area contributed by atoms with Gasteiger partial charge in [-0.1, -0.05) is 68.9 Å². The molecule has 36 heavy (non-hydrogen) atoms. The highest BCUT2D eigenvalue weighted by atomic mass is 16.3. The predicted octanol–water partition coefficient (Wildman–Crippen LogP) is 4.04. The molecule has 1 amide bonds. The molecule has 1 unspecified atom stereocenters. The molecule has 2 fully saturated rings. The maximum atomic E-state index is 13.9. The van der Waals surface area contributed by atoms with Crippen molar-refractivity contribution < 1.29 is 9.90 Å².